The van der Waals surface area contributed by atoms with Gasteiger partial charge in [-0.25, -0.2) is 0 Å². The Bertz CT molecular complexity index is 539. The van der Waals surface area contributed by atoms with Crippen LogP contribution in [0.2, 0.25) is 0 Å². The summed E-state index contributed by atoms with van der Waals surface area (Å²) in [5, 5.41) is 5.23. The third kappa shape index (κ3) is 4.37. The number of hydrogen-bond donors (Lipinski definition) is 0. The Labute approximate surface area is 129 Å². The monoisotopic (exact) mass is 336 g/mol. The third-order valence-electron chi connectivity index (χ3n) is 3.48. The SMILES string of the molecule is COc1cccc(CC(CBr)CCc2cnn(C)c2)c1. The van der Waals surface area contributed by atoms with Crippen molar-refractivity contribution >= 4 is 15.9 Å². The lowest BCUT2D eigenvalue weighted by Crippen LogP contribution is -2.07. The van der Waals surface area contributed by atoms with E-state index in [4.69, 9.17) is 4.74 Å². The number of halogens is 1. The second-order valence-electron chi connectivity index (χ2n) is 5.14. The number of rotatable bonds is 7. The lowest BCUT2D eigenvalue weighted by Gasteiger charge is -2.14. The Morgan fingerprint density at radius 2 is 2.20 bits per heavy atom. The second-order valence-corrected chi connectivity index (χ2v) is 5.78. The van der Waals surface area contributed by atoms with Crippen molar-refractivity contribution in [3.05, 3.63) is 47.8 Å². The van der Waals surface area contributed by atoms with Crippen LogP contribution in [-0.4, -0.2) is 22.2 Å². The van der Waals surface area contributed by atoms with E-state index in [9.17, 15) is 0 Å². The van der Waals surface area contributed by atoms with Gasteiger partial charge in [-0.2, -0.15) is 5.10 Å². The molecule has 0 saturated carbocycles. The first-order chi connectivity index (χ1) is 9.71. The zero-order valence-corrected chi connectivity index (χ0v) is 13.6. The summed E-state index contributed by atoms with van der Waals surface area (Å²) >= 11 is 3.64. The number of nitrogens with zero attached hydrogens (tertiary/aromatic N) is 2. The minimum absolute atomic E-state index is 0.627. The molecule has 1 aromatic carbocycles. The van der Waals surface area contributed by atoms with Gasteiger partial charge in [-0.05, 0) is 48.4 Å². The molecule has 0 fully saturated rings. The molecule has 0 radical (unpaired) electrons. The number of hydrogen-bond acceptors (Lipinski definition) is 2. The number of benzene rings is 1. The van der Waals surface area contributed by atoms with Gasteiger partial charge in [0.1, 0.15) is 5.75 Å². The fourth-order valence-corrected chi connectivity index (χ4v) is 2.89. The zero-order valence-electron chi connectivity index (χ0n) is 12.1. The molecule has 0 aliphatic rings. The van der Waals surface area contributed by atoms with Gasteiger partial charge in [-0.15, -0.1) is 0 Å². The first kappa shape index (κ1) is 15.1. The van der Waals surface area contributed by atoms with Crippen molar-refractivity contribution in [1.29, 1.82) is 0 Å². The summed E-state index contributed by atoms with van der Waals surface area (Å²) in [4.78, 5) is 0. The highest BCUT2D eigenvalue weighted by Crippen LogP contribution is 2.20. The van der Waals surface area contributed by atoms with Crippen LogP contribution in [0.1, 0.15) is 17.5 Å². The van der Waals surface area contributed by atoms with E-state index < -0.39 is 0 Å². The van der Waals surface area contributed by atoms with E-state index in [1.54, 1.807) is 7.11 Å². The predicted octanol–water partition coefficient (Wildman–Crippen LogP) is 3.62. The number of methoxy groups -OCH3 is 1. The van der Waals surface area contributed by atoms with E-state index in [2.05, 4.69) is 45.4 Å². The molecular formula is C16H21BrN2O. The first-order valence-electron chi connectivity index (χ1n) is 6.87. The van der Waals surface area contributed by atoms with Crippen LogP contribution < -0.4 is 4.74 Å². The molecule has 0 spiro atoms. The van der Waals surface area contributed by atoms with E-state index in [0.29, 0.717) is 5.92 Å². The van der Waals surface area contributed by atoms with Crippen molar-refractivity contribution in [2.24, 2.45) is 13.0 Å². The zero-order chi connectivity index (χ0) is 14.4. The molecular weight excluding hydrogens is 316 g/mol. The van der Waals surface area contributed by atoms with Crippen LogP contribution in [0.15, 0.2) is 36.7 Å². The van der Waals surface area contributed by atoms with Crippen LogP contribution in [-0.2, 0) is 19.9 Å². The first-order valence-corrected chi connectivity index (χ1v) is 8.00. The molecule has 1 aromatic heterocycles. The lowest BCUT2D eigenvalue weighted by molar-refractivity contribution is 0.413. The molecule has 0 bridgehead atoms. The molecule has 20 heavy (non-hydrogen) atoms. The molecule has 0 saturated heterocycles. The van der Waals surface area contributed by atoms with Crippen molar-refractivity contribution in [3.8, 4) is 5.75 Å². The topological polar surface area (TPSA) is 27.1 Å². The molecule has 0 N–H and O–H groups in total. The highest BCUT2D eigenvalue weighted by molar-refractivity contribution is 9.09. The molecule has 4 heteroatoms. The molecule has 108 valence electrons. The van der Waals surface area contributed by atoms with E-state index in [1.165, 1.54) is 11.1 Å². The van der Waals surface area contributed by atoms with E-state index in [-0.39, 0.29) is 0 Å². The second kappa shape index (κ2) is 7.48. The van der Waals surface area contributed by atoms with Crippen molar-refractivity contribution in [2.75, 3.05) is 12.4 Å². The summed E-state index contributed by atoms with van der Waals surface area (Å²) in [6, 6.07) is 8.34. The number of aromatic nitrogens is 2. The van der Waals surface area contributed by atoms with Gasteiger partial charge < -0.3 is 4.74 Å². The van der Waals surface area contributed by atoms with Crippen LogP contribution in [0.4, 0.5) is 0 Å². The van der Waals surface area contributed by atoms with Gasteiger partial charge in [0.25, 0.3) is 0 Å². The molecule has 2 aromatic rings. The van der Waals surface area contributed by atoms with Crippen LogP contribution in [0.25, 0.3) is 0 Å². The summed E-state index contributed by atoms with van der Waals surface area (Å²) in [5.74, 6) is 1.56. The van der Waals surface area contributed by atoms with E-state index >= 15 is 0 Å². The Kier molecular flexibility index (Phi) is 5.65. The minimum atomic E-state index is 0.627. The molecule has 1 heterocycles. The van der Waals surface area contributed by atoms with Gasteiger partial charge in [-0.3, -0.25) is 4.68 Å². The minimum Gasteiger partial charge on any atom is -0.497 e. The average molecular weight is 337 g/mol. The summed E-state index contributed by atoms with van der Waals surface area (Å²) in [6.07, 6.45) is 7.36. The average Bonchev–Trinajstić information content (AvgIpc) is 2.89. The molecule has 2 rings (SSSR count). The molecule has 0 aliphatic heterocycles. The Balaban J connectivity index is 1.91. The van der Waals surface area contributed by atoms with Crippen LogP contribution in [0.5, 0.6) is 5.75 Å². The maximum Gasteiger partial charge on any atom is 0.119 e. The molecule has 1 unspecified atom stereocenters. The van der Waals surface area contributed by atoms with Crippen molar-refractivity contribution in [2.45, 2.75) is 19.3 Å². The fourth-order valence-electron chi connectivity index (χ4n) is 2.34. The van der Waals surface area contributed by atoms with Crippen LogP contribution >= 0.6 is 15.9 Å². The van der Waals surface area contributed by atoms with Crippen molar-refractivity contribution < 1.29 is 4.74 Å². The maximum absolute atomic E-state index is 5.28. The quantitative estimate of drug-likeness (QED) is 0.722. The van der Waals surface area contributed by atoms with Gasteiger partial charge >= 0.3 is 0 Å². The Morgan fingerprint density at radius 1 is 1.35 bits per heavy atom. The highest BCUT2D eigenvalue weighted by Gasteiger charge is 2.10. The van der Waals surface area contributed by atoms with Gasteiger partial charge in [0, 0.05) is 18.6 Å². The molecule has 1 atom stereocenters. The van der Waals surface area contributed by atoms with Gasteiger partial charge in [0.05, 0.1) is 13.3 Å². The van der Waals surface area contributed by atoms with Gasteiger partial charge in [-0.1, -0.05) is 28.1 Å². The third-order valence-corrected chi connectivity index (χ3v) is 4.39. The number of alkyl halides is 1. The molecule has 0 amide bonds. The van der Waals surface area contributed by atoms with Gasteiger partial charge in [0.15, 0.2) is 0 Å². The Hall–Kier alpha value is -1.29. The fraction of sp³-hybridized carbons (Fsp3) is 0.438. The largest absolute Gasteiger partial charge is 0.497 e. The Morgan fingerprint density at radius 3 is 2.85 bits per heavy atom. The highest BCUT2D eigenvalue weighted by atomic mass is 79.9. The maximum atomic E-state index is 5.28. The van der Waals surface area contributed by atoms with Gasteiger partial charge in [0.2, 0.25) is 0 Å². The van der Waals surface area contributed by atoms with E-state index in [0.717, 1.165) is 30.3 Å². The molecule has 3 nitrogen and oxygen atoms in total. The summed E-state index contributed by atoms with van der Waals surface area (Å²) < 4.78 is 7.14. The number of ether oxygens (including phenoxy) is 1. The standard InChI is InChI=1S/C16H21BrN2O/c1-19-12-15(11-18-19)7-6-14(10-17)8-13-4-3-5-16(9-13)20-2/h3-5,9,11-12,14H,6-8,10H2,1-2H3. The number of aryl methyl sites for hydroxylation is 2. The lowest BCUT2D eigenvalue weighted by atomic mass is 9.95. The summed E-state index contributed by atoms with van der Waals surface area (Å²) in [5.41, 5.74) is 2.64. The molecule has 0 aliphatic carbocycles. The normalized spacial score (nSPS) is 12.3. The van der Waals surface area contributed by atoms with Crippen LogP contribution in [0.3, 0.4) is 0 Å². The summed E-state index contributed by atoms with van der Waals surface area (Å²) in [7, 11) is 3.67. The van der Waals surface area contributed by atoms with E-state index in [1.807, 2.05) is 24.0 Å². The van der Waals surface area contributed by atoms with Crippen molar-refractivity contribution in [1.82, 2.24) is 9.78 Å². The summed E-state index contributed by atoms with van der Waals surface area (Å²) in [6.45, 7) is 0. The smallest absolute Gasteiger partial charge is 0.119 e. The predicted molar refractivity (Wildman–Crippen MR) is 85.5 cm³/mol. The van der Waals surface area contributed by atoms with Crippen LogP contribution in [0, 0.1) is 5.92 Å². The van der Waals surface area contributed by atoms with Crippen molar-refractivity contribution in [3.63, 3.8) is 0 Å².